The second-order valence-corrected chi connectivity index (χ2v) is 7.26. The molecule has 0 aliphatic heterocycles. The van der Waals surface area contributed by atoms with Crippen LogP contribution in [0.3, 0.4) is 0 Å². The van der Waals surface area contributed by atoms with Gasteiger partial charge in [0.05, 0.1) is 0 Å². The van der Waals surface area contributed by atoms with Crippen LogP contribution in [0.1, 0.15) is 30.9 Å². The maximum atomic E-state index is 12.8. The Labute approximate surface area is 166 Å². The highest BCUT2D eigenvalue weighted by atomic mass is 16.5. The zero-order valence-corrected chi connectivity index (χ0v) is 16.2. The van der Waals surface area contributed by atoms with Crippen LogP contribution in [0, 0.1) is 0 Å². The Bertz CT molecular complexity index is 965. The normalized spacial score (nSPS) is 14.0. The van der Waals surface area contributed by atoms with Crippen molar-refractivity contribution in [3.63, 3.8) is 0 Å². The minimum Gasteiger partial charge on any atom is -0.481 e. The molecular formula is C25H25NO2. The lowest BCUT2D eigenvalue weighted by Gasteiger charge is -2.22. The van der Waals surface area contributed by atoms with E-state index < -0.39 is 6.10 Å². The molecule has 4 rings (SSSR count). The van der Waals surface area contributed by atoms with Crippen LogP contribution in [0.15, 0.2) is 72.8 Å². The highest BCUT2D eigenvalue weighted by Crippen LogP contribution is 2.31. The van der Waals surface area contributed by atoms with Crippen molar-refractivity contribution >= 4 is 11.6 Å². The summed E-state index contributed by atoms with van der Waals surface area (Å²) in [4.78, 5) is 12.8. The summed E-state index contributed by atoms with van der Waals surface area (Å²) >= 11 is 0. The molecular weight excluding hydrogens is 346 g/mol. The molecule has 3 nitrogen and oxygen atoms in total. The number of fused-ring (bicyclic) bond motifs is 1. The van der Waals surface area contributed by atoms with Crippen LogP contribution >= 0.6 is 0 Å². The van der Waals surface area contributed by atoms with E-state index in [1.807, 2.05) is 73.7 Å². The smallest absolute Gasteiger partial charge is 0.265 e. The van der Waals surface area contributed by atoms with Crippen molar-refractivity contribution in [1.29, 1.82) is 0 Å². The van der Waals surface area contributed by atoms with Gasteiger partial charge in [0.2, 0.25) is 0 Å². The molecule has 1 aliphatic rings. The lowest BCUT2D eigenvalue weighted by atomic mass is 9.91. The fraction of sp³-hybridized carbons (Fsp3) is 0.240. The molecule has 1 amide bonds. The number of benzene rings is 3. The summed E-state index contributed by atoms with van der Waals surface area (Å²) in [6.45, 7) is 1.81. The Kier molecular flexibility index (Phi) is 5.43. The van der Waals surface area contributed by atoms with Gasteiger partial charge in [0.15, 0.2) is 6.10 Å². The Morgan fingerprint density at radius 3 is 2.50 bits per heavy atom. The van der Waals surface area contributed by atoms with E-state index in [2.05, 4.69) is 11.4 Å². The number of aryl methyl sites for hydroxylation is 1. The number of carbonyl (C=O) groups is 1. The second-order valence-electron chi connectivity index (χ2n) is 7.26. The van der Waals surface area contributed by atoms with Crippen LogP contribution in [0.25, 0.3) is 11.1 Å². The number of carbonyl (C=O) groups excluding carboxylic acids is 1. The van der Waals surface area contributed by atoms with Crippen molar-refractivity contribution in [2.24, 2.45) is 0 Å². The van der Waals surface area contributed by atoms with Crippen LogP contribution in [0.5, 0.6) is 5.75 Å². The molecule has 3 aromatic rings. The van der Waals surface area contributed by atoms with Crippen LogP contribution in [-0.2, 0) is 17.6 Å². The van der Waals surface area contributed by atoms with Gasteiger partial charge in [-0.3, -0.25) is 4.79 Å². The number of ether oxygens (including phenoxy) is 1. The van der Waals surface area contributed by atoms with Crippen molar-refractivity contribution in [2.45, 2.75) is 38.7 Å². The zero-order valence-electron chi connectivity index (χ0n) is 16.2. The third-order valence-electron chi connectivity index (χ3n) is 5.30. The van der Waals surface area contributed by atoms with Gasteiger partial charge in [-0.15, -0.1) is 0 Å². The molecule has 1 aliphatic carbocycles. The van der Waals surface area contributed by atoms with Gasteiger partial charge < -0.3 is 10.1 Å². The fourth-order valence-electron chi connectivity index (χ4n) is 3.80. The van der Waals surface area contributed by atoms with Crippen molar-refractivity contribution in [2.75, 3.05) is 5.32 Å². The second kappa shape index (κ2) is 8.30. The molecule has 0 bridgehead atoms. The van der Waals surface area contributed by atoms with Crippen molar-refractivity contribution in [1.82, 2.24) is 0 Å². The molecule has 0 spiro atoms. The lowest BCUT2D eigenvalue weighted by Crippen LogP contribution is -2.30. The minimum atomic E-state index is -0.572. The molecule has 0 aromatic heterocycles. The van der Waals surface area contributed by atoms with Gasteiger partial charge in [0.25, 0.3) is 5.91 Å². The Balaban J connectivity index is 1.51. The SMILES string of the molecule is C[C@H](Oc1cccc2c1CCCC2)C(=O)Nc1ccccc1-c1ccccc1. The minimum absolute atomic E-state index is 0.142. The highest BCUT2D eigenvalue weighted by Gasteiger charge is 2.20. The number of anilines is 1. The van der Waals surface area contributed by atoms with Gasteiger partial charge >= 0.3 is 0 Å². The highest BCUT2D eigenvalue weighted by molar-refractivity contribution is 5.98. The van der Waals surface area contributed by atoms with E-state index in [4.69, 9.17) is 4.74 Å². The number of amides is 1. The van der Waals surface area contributed by atoms with Gasteiger partial charge in [-0.05, 0) is 61.4 Å². The first kappa shape index (κ1) is 18.3. The Hall–Kier alpha value is -3.07. The van der Waals surface area contributed by atoms with Gasteiger partial charge in [-0.2, -0.15) is 0 Å². The first-order valence-corrected chi connectivity index (χ1v) is 9.95. The largest absolute Gasteiger partial charge is 0.481 e. The summed E-state index contributed by atoms with van der Waals surface area (Å²) in [5, 5.41) is 3.05. The number of nitrogens with one attached hydrogen (secondary N) is 1. The molecule has 1 atom stereocenters. The standard InChI is InChI=1S/C25H25NO2/c1-18(28-24-17-9-13-20-12-5-6-15-22(20)24)25(27)26-23-16-8-7-14-21(23)19-10-3-2-4-11-19/h2-4,7-11,13-14,16-18H,5-6,12,15H2,1H3,(H,26,27)/t18-/m0/s1. The molecule has 3 aromatic carbocycles. The molecule has 0 radical (unpaired) electrons. The average Bonchev–Trinajstić information content (AvgIpc) is 2.75. The number of rotatable bonds is 5. The van der Waals surface area contributed by atoms with E-state index in [0.717, 1.165) is 35.4 Å². The van der Waals surface area contributed by atoms with Crippen molar-refractivity contribution in [3.8, 4) is 16.9 Å². The summed E-state index contributed by atoms with van der Waals surface area (Å²) in [5.74, 6) is 0.702. The van der Waals surface area contributed by atoms with Crippen LogP contribution in [0.4, 0.5) is 5.69 Å². The van der Waals surface area contributed by atoms with E-state index >= 15 is 0 Å². The number of hydrogen-bond donors (Lipinski definition) is 1. The first-order chi connectivity index (χ1) is 13.7. The summed E-state index contributed by atoms with van der Waals surface area (Å²) in [7, 11) is 0. The van der Waals surface area contributed by atoms with Crippen molar-refractivity contribution < 1.29 is 9.53 Å². The Morgan fingerprint density at radius 1 is 0.893 bits per heavy atom. The van der Waals surface area contributed by atoms with Crippen LogP contribution in [0.2, 0.25) is 0 Å². The molecule has 0 heterocycles. The third-order valence-corrected chi connectivity index (χ3v) is 5.30. The number of para-hydroxylation sites is 1. The predicted molar refractivity (Wildman–Crippen MR) is 114 cm³/mol. The van der Waals surface area contributed by atoms with Crippen LogP contribution < -0.4 is 10.1 Å². The van der Waals surface area contributed by atoms with E-state index in [1.54, 1.807) is 0 Å². The summed E-state index contributed by atoms with van der Waals surface area (Å²) in [5.41, 5.74) is 5.48. The third kappa shape index (κ3) is 3.94. The molecule has 0 fully saturated rings. The molecule has 142 valence electrons. The molecule has 0 saturated heterocycles. The van der Waals surface area contributed by atoms with Crippen molar-refractivity contribution in [3.05, 3.63) is 83.9 Å². The topological polar surface area (TPSA) is 38.3 Å². The summed E-state index contributed by atoms with van der Waals surface area (Å²) in [6, 6.07) is 24.1. The summed E-state index contributed by atoms with van der Waals surface area (Å²) < 4.78 is 6.08. The van der Waals surface area contributed by atoms with Gasteiger partial charge in [-0.1, -0.05) is 60.7 Å². The first-order valence-electron chi connectivity index (χ1n) is 9.95. The quantitative estimate of drug-likeness (QED) is 0.630. The van der Waals surface area contributed by atoms with Gasteiger partial charge in [-0.25, -0.2) is 0 Å². The fourth-order valence-corrected chi connectivity index (χ4v) is 3.80. The van der Waals surface area contributed by atoms with Gasteiger partial charge in [0, 0.05) is 11.3 Å². The summed E-state index contributed by atoms with van der Waals surface area (Å²) in [6.07, 6.45) is 3.95. The maximum absolute atomic E-state index is 12.8. The van der Waals surface area contributed by atoms with E-state index in [1.165, 1.54) is 24.0 Å². The molecule has 0 saturated carbocycles. The van der Waals surface area contributed by atoms with E-state index in [0.29, 0.717) is 0 Å². The van der Waals surface area contributed by atoms with Crippen LogP contribution in [-0.4, -0.2) is 12.0 Å². The van der Waals surface area contributed by atoms with E-state index in [-0.39, 0.29) is 5.91 Å². The maximum Gasteiger partial charge on any atom is 0.265 e. The monoisotopic (exact) mass is 371 g/mol. The Morgan fingerprint density at radius 2 is 1.64 bits per heavy atom. The average molecular weight is 371 g/mol. The molecule has 1 N–H and O–H groups in total. The predicted octanol–water partition coefficient (Wildman–Crippen LogP) is 5.64. The van der Waals surface area contributed by atoms with Gasteiger partial charge in [0.1, 0.15) is 5.75 Å². The molecule has 0 unspecified atom stereocenters. The molecule has 3 heteroatoms. The lowest BCUT2D eigenvalue weighted by molar-refractivity contribution is -0.122. The molecule has 28 heavy (non-hydrogen) atoms. The van der Waals surface area contributed by atoms with E-state index in [9.17, 15) is 4.79 Å². The zero-order chi connectivity index (χ0) is 19.3. The number of hydrogen-bond acceptors (Lipinski definition) is 2.